The number of sulfonamides is 1. The quantitative estimate of drug-likeness (QED) is 0.809. The van der Waals surface area contributed by atoms with Crippen molar-refractivity contribution in [3.05, 3.63) is 29.8 Å². The molecule has 2 rings (SSSR count). The summed E-state index contributed by atoms with van der Waals surface area (Å²) in [5, 5.41) is 3.01. The van der Waals surface area contributed by atoms with Crippen molar-refractivity contribution in [2.45, 2.75) is 23.8 Å². The van der Waals surface area contributed by atoms with Gasteiger partial charge in [0.25, 0.3) is 0 Å². The van der Waals surface area contributed by atoms with Gasteiger partial charge in [-0.3, -0.25) is 4.79 Å². The number of nitrogens with one attached hydrogen (secondary N) is 1. The average molecular weight is 297 g/mol. The van der Waals surface area contributed by atoms with Gasteiger partial charge in [0.1, 0.15) is 0 Å². The fraction of sp³-hybridized carbons (Fsp3) is 0.462. The van der Waals surface area contributed by atoms with Crippen LogP contribution in [0.1, 0.15) is 23.2 Å². The van der Waals surface area contributed by atoms with Crippen LogP contribution in [0.15, 0.2) is 29.2 Å². The molecular formula is C13H19N3O3S. The summed E-state index contributed by atoms with van der Waals surface area (Å²) >= 11 is 0. The highest BCUT2D eigenvalue weighted by molar-refractivity contribution is 7.89. The van der Waals surface area contributed by atoms with Gasteiger partial charge in [0, 0.05) is 24.7 Å². The van der Waals surface area contributed by atoms with Gasteiger partial charge in [-0.05, 0) is 38.1 Å². The molecule has 7 heteroatoms. The number of likely N-dealkylation sites (N-methyl/N-ethyl adjacent to an activating group) is 1. The molecule has 0 radical (unpaired) electrons. The van der Waals surface area contributed by atoms with E-state index in [1.54, 1.807) is 7.05 Å². The number of primary amides is 1. The molecule has 1 aliphatic heterocycles. The average Bonchev–Trinajstić information content (AvgIpc) is 2.88. The maximum Gasteiger partial charge on any atom is 0.248 e. The molecule has 1 heterocycles. The monoisotopic (exact) mass is 297 g/mol. The van der Waals surface area contributed by atoms with E-state index >= 15 is 0 Å². The van der Waals surface area contributed by atoms with Crippen LogP contribution in [0.25, 0.3) is 0 Å². The van der Waals surface area contributed by atoms with Crippen LogP contribution >= 0.6 is 0 Å². The first-order chi connectivity index (χ1) is 9.46. The molecule has 6 nitrogen and oxygen atoms in total. The van der Waals surface area contributed by atoms with Gasteiger partial charge in [0.2, 0.25) is 15.9 Å². The maximum atomic E-state index is 12.6. The van der Waals surface area contributed by atoms with E-state index in [0.717, 1.165) is 12.8 Å². The molecule has 0 aromatic heterocycles. The van der Waals surface area contributed by atoms with E-state index < -0.39 is 15.9 Å². The van der Waals surface area contributed by atoms with Crippen molar-refractivity contribution in [2.24, 2.45) is 5.73 Å². The van der Waals surface area contributed by atoms with E-state index in [1.807, 2.05) is 0 Å². The number of benzene rings is 1. The van der Waals surface area contributed by atoms with Crippen molar-refractivity contribution in [1.29, 1.82) is 0 Å². The van der Waals surface area contributed by atoms with Gasteiger partial charge in [-0.2, -0.15) is 4.31 Å². The summed E-state index contributed by atoms with van der Waals surface area (Å²) in [6.45, 7) is 1.13. The second kappa shape index (κ2) is 5.90. The van der Waals surface area contributed by atoms with Crippen LogP contribution < -0.4 is 11.1 Å². The lowest BCUT2D eigenvalue weighted by molar-refractivity contribution is 0.1000. The Hall–Kier alpha value is -1.44. The minimum Gasteiger partial charge on any atom is -0.366 e. The number of nitrogens with zero attached hydrogens (tertiary/aromatic N) is 1. The number of nitrogens with two attached hydrogens (primary N) is 1. The summed E-state index contributed by atoms with van der Waals surface area (Å²) in [4.78, 5) is 11.3. The summed E-state index contributed by atoms with van der Waals surface area (Å²) in [7, 11) is -1.78. The minimum absolute atomic E-state index is 0.0396. The van der Waals surface area contributed by atoms with E-state index in [9.17, 15) is 13.2 Å². The highest BCUT2D eigenvalue weighted by Crippen LogP contribution is 2.26. The molecular weight excluding hydrogens is 278 g/mol. The first kappa shape index (κ1) is 15.0. The number of hydrogen-bond donors (Lipinski definition) is 2. The van der Waals surface area contributed by atoms with Crippen LogP contribution in [-0.2, 0) is 10.0 Å². The minimum atomic E-state index is -3.58. The Morgan fingerprint density at radius 2 is 2.25 bits per heavy atom. The second-order valence-corrected chi connectivity index (χ2v) is 6.75. The number of amides is 1. The standard InChI is InChI=1S/C13H19N3O3S/c1-15-9-11-5-3-7-16(11)20(18,19)12-6-2-4-10(8-12)13(14)17/h2,4,6,8,11,15H,3,5,7,9H2,1H3,(H2,14,17)/t11-/m1/s1. The third kappa shape index (κ3) is 2.84. The van der Waals surface area contributed by atoms with E-state index in [4.69, 9.17) is 5.73 Å². The predicted molar refractivity (Wildman–Crippen MR) is 75.8 cm³/mol. The third-order valence-corrected chi connectivity index (χ3v) is 5.44. The molecule has 0 unspecified atom stereocenters. The fourth-order valence-electron chi connectivity index (χ4n) is 2.51. The van der Waals surface area contributed by atoms with Crippen LogP contribution in [0, 0.1) is 0 Å². The van der Waals surface area contributed by atoms with Crippen molar-refractivity contribution in [1.82, 2.24) is 9.62 Å². The number of rotatable bonds is 5. The Morgan fingerprint density at radius 3 is 2.90 bits per heavy atom. The number of carbonyl (C=O) groups is 1. The van der Waals surface area contributed by atoms with Gasteiger partial charge in [0.05, 0.1) is 4.90 Å². The molecule has 0 aliphatic carbocycles. The van der Waals surface area contributed by atoms with Crippen molar-refractivity contribution < 1.29 is 13.2 Å². The maximum absolute atomic E-state index is 12.6. The van der Waals surface area contributed by atoms with Crippen LogP contribution in [0.3, 0.4) is 0 Å². The smallest absolute Gasteiger partial charge is 0.248 e. The molecule has 1 fully saturated rings. The van der Waals surface area contributed by atoms with Crippen LogP contribution in [-0.4, -0.2) is 44.8 Å². The summed E-state index contributed by atoms with van der Waals surface area (Å²) in [6, 6.07) is 5.84. The van der Waals surface area contributed by atoms with Gasteiger partial charge in [0.15, 0.2) is 0 Å². The molecule has 1 saturated heterocycles. The fourth-order valence-corrected chi connectivity index (χ4v) is 4.25. The Balaban J connectivity index is 2.34. The SMILES string of the molecule is CNC[C@H]1CCCN1S(=O)(=O)c1cccc(C(N)=O)c1. The molecule has 110 valence electrons. The van der Waals surface area contributed by atoms with E-state index in [-0.39, 0.29) is 16.5 Å². The molecule has 1 aromatic rings. The topological polar surface area (TPSA) is 92.5 Å². The zero-order chi connectivity index (χ0) is 14.8. The predicted octanol–water partition coefficient (Wildman–Crippen LogP) is 0.158. The largest absolute Gasteiger partial charge is 0.366 e. The molecule has 1 aromatic carbocycles. The van der Waals surface area contributed by atoms with Gasteiger partial charge < -0.3 is 11.1 Å². The van der Waals surface area contributed by atoms with E-state index in [0.29, 0.717) is 13.1 Å². The molecule has 0 saturated carbocycles. The van der Waals surface area contributed by atoms with Crippen LogP contribution in [0.5, 0.6) is 0 Å². The van der Waals surface area contributed by atoms with Crippen LogP contribution in [0.4, 0.5) is 0 Å². The van der Waals surface area contributed by atoms with Crippen LogP contribution in [0.2, 0.25) is 0 Å². The Kier molecular flexibility index (Phi) is 4.42. The number of carbonyl (C=O) groups excluding carboxylic acids is 1. The second-order valence-electron chi connectivity index (χ2n) is 4.86. The Labute approximate surface area is 119 Å². The third-order valence-electron chi connectivity index (χ3n) is 3.49. The first-order valence-electron chi connectivity index (χ1n) is 6.53. The molecule has 0 bridgehead atoms. The highest BCUT2D eigenvalue weighted by atomic mass is 32.2. The van der Waals surface area contributed by atoms with Gasteiger partial charge in [-0.15, -0.1) is 0 Å². The lowest BCUT2D eigenvalue weighted by atomic mass is 10.2. The summed E-state index contributed by atoms with van der Waals surface area (Å²) in [5.41, 5.74) is 5.40. The Morgan fingerprint density at radius 1 is 1.50 bits per heavy atom. The summed E-state index contributed by atoms with van der Waals surface area (Å²) < 4.78 is 26.8. The van der Waals surface area contributed by atoms with Gasteiger partial charge in [-0.25, -0.2) is 8.42 Å². The molecule has 1 aliphatic rings. The molecule has 3 N–H and O–H groups in total. The molecule has 1 atom stereocenters. The summed E-state index contributed by atoms with van der Waals surface area (Å²) in [5.74, 6) is -0.629. The van der Waals surface area contributed by atoms with Gasteiger partial charge in [-0.1, -0.05) is 6.07 Å². The first-order valence-corrected chi connectivity index (χ1v) is 7.97. The Bertz CT molecular complexity index is 601. The molecule has 20 heavy (non-hydrogen) atoms. The van der Waals surface area contributed by atoms with Crippen molar-refractivity contribution in [3.8, 4) is 0 Å². The highest BCUT2D eigenvalue weighted by Gasteiger charge is 2.34. The summed E-state index contributed by atoms with van der Waals surface area (Å²) in [6.07, 6.45) is 1.69. The van der Waals surface area contributed by atoms with Crippen molar-refractivity contribution in [2.75, 3.05) is 20.1 Å². The lowest BCUT2D eigenvalue weighted by Gasteiger charge is -2.24. The van der Waals surface area contributed by atoms with Gasteiger partial charge >= 0.3 is 0 Å². The number of hydrogen-bond acceptors (Lipinski definition) is 4. The molecule has 1 amide bonds. The van der Waals surface area contributed by atoms with E-state index in [2.05, 4.69) is 5.32 Å². The van der Waals surface area contributed by atoms with Crippen molar-refractivity contribution in [3.63, 3.8) is 0 Å². The van der Waals surface area contributed by atoms with Crippen molar-refractivity contribution >= 4 is 15.9 Å². The van der Waals surface area contributed by atoms with E-state index in [1.165, 1.54) is 28.6 Å². The normalized spacial score (nSPS) is 20.1. The lowest BCUT2D eigenvalue weighted by Crippen LogP contribution is -2.40. The zero-order valence-corrected chi connectivity index (χ0v) is 12.2. The molecule has 0 spiro atoms. The zero-order valence-electron chi connectivity index (χ0n) is 11.4.